The smallest absolute Gasteiger partial charge is 0.337 e. The average Bonchev–Trinajstić information content (AvgIpc) is 2.48. The fraction of sp³-hybridized carbons (Fsp3) is 0.467. The molecule has 0 aliphatic carbocycles. The van der Waals surface area contributed by atoms with Crippen LogP contribution in [0.4, 0.5) is 10.5 Å². The van der Waals surface area contributed by atoms with Gasteiger partial charge in [0.05, 0.1) is 11.3 Å². The van der Waals surface area contributed by atoms with E-state index in [0.29, 0.717) is 24.8 Å². The number of aromatic carboxylic acids is 1. The molecule has 1 aliphatic rings. The number of carboxylic acids is 1. The van der Waals surface area contributed by atoms with Crippen molar-refractivity contribution in [3.8, 4) is 0 Å². The third-order valence-corrected chi connectivity index (χ3v) is 3.93. The van der Waals surface area contributed by atoms with Crippen LogP contribution in [0.5, 0.6) is 0 Å². The lowest BCUT2D eigenvalue weighted by atomic mass is 10.1. The molecule has 1 atom stereocenters. The third kappa shape index (κ3) is 3.52. The molecule has 1 aromatic carbocycles. The lowest BCUT2D eigenvalue weighted by Gasteiger charge is -2.39. The molecule has 1 aromatic rings. The summed E-state index contributed by atoms with van der Waals surface area (Å²) in [5.41, 5.74) is 0.439. The number of hydrogen-bond acceptors (Lipinski definition) is 3. The zero-order valence-electron chi connectivity index (χ0n) is 12.4. The Morgan fingerprint density at radius 1 is 1.33 bits per heavy atom. The SMILES string of the molecule is CCC1CN(C(=O)Nc2ccccc2C(=O)O)CCN1C. The molecule has 2 rings (SSSR count). The maximum absolute atomic E-state index is 12.3. The number of carboxylic acid groups (broad SMARTS) is 1. The molecule has 0 radical (unpaired) electrons. The van der Waals surface area contributed by atoms with E-state index in [1.807, 2.05) is 0 Å². The molecule has 1 unspecified atom stereocenters. The minimum atomic E-state index is -1.05. The molecule has 6 heteroatoms. The second kappa shape index (κ2) is 6.58. The topological polar surface area (TPSA) is 72.9 Å². The number of carbonyl (C=O) groups excluding carboxylic acids is 1. The van der Waals surface area contributed by atoms with Gasteiger partial charge in [0.25, 0.3) is 0 Å². The molecular formula is C15H21N3O3. The Morgan fingerprint density at radius 2 is 2.05 bits per heavy atom. The van der Waals surface area contributed by atoms with E-state index < -0.39 is 5.97 Å². The van der Waals surface area contributed by atoms with Gasteiger partial charge in [-0.3, -0.25) is 4.90 Å². The molecule has 1 aliphatic heterocycles. The van der Waals surface area contributed by atoms with E-state index in [2.05, 4.69) is 24.2 Å². The van der Waals surface area contributed by atoms with Crippen LogP contribution in [0.25, 0.3) is 0 Å². The van der Waals surface area contributed by atoms with Crippen LogP contribution in [0.2, 0.25) is 0 Å². The molecule has 6 nitrogen and oxygen atoms in total. The van der Waals surface area contributed by atoms with Gasteiger partial charge in [0.15, 0.2) is 0 Å². The summed E-state index contributed by atoms with van der Waals surface area (Å²) < 4.78 is 0. The first kappa shape index (κ1) is 15.3. The summed E-state index contributed by atoms with van der Waals surface area (Å²) in [6, 6.07) is 6.54. The molecular weight excluding hydrogens is 270 g/mol. The van der Waals surface area contributed by atoms with Crippen LogP contribution in [0.1, 0.15) is 23.7 Å². The predicted octanol–water partition coefficient (Wildman–Crippen LogP) is 1.94. The number of benzene rings is 1. The largest absolute Gasteiger partial charge is 0.478 e. The molecule has 0 saturated carbocycles. The maximum Gasteiger partial charge on any atom is 0.337 e. The molecule has 114 valence electrons. The Balaban J connectivity index is 2.07. The van der Waals surface area contributed by atoms with Crippen molar-refractivity contribution in [1.82, 2.24) is 9.80 Å². The van der Waals surface area contributed by atoms with Crippen molar-refractivity contribution in [2.24, 2.45) is 0 Å². The number of anilines is 1. The second-order valence-corrected chi connectivity index (χ2v) is 5.27. The minimum absolute atomic E-state index is 0.104. The first-order valence-corrected chi connectivity index (χ1v) is 7.11. The Hall–Kier alpha value is -2.08. The van der Waals surface area contributed by atoms with Gasteiger partial charge in [0.1, 0.15) is 0 Å². The van der Waals surface area contributed by atoms with Crippen molar-refractivity contribution in [2.75, 3.05) is 32.0 Å². The predicted molar refractivity (Wildman–Crippen MR) is 80.7 cm³/mol. The number of nitrogens with zero attached hydrogens (tertiary/aromatic N) is 2. The average molecular weight is 291 g/mol. The van der Waals surface area contributed by atoms with Crippen molar-refractivity contribution in [1.29, 1.82) is 0 Å². The summed E-state index contributed by atoms with van der Waals surface area (Å²) in [4.78, 5) is 27.5. The molecule has 21 heavy (non-hydrogen) atoms. The number of amides is 2. The van der Waals surface area contributed by atoms with Gasteiger partial charge in [-0.05, 0) is 25.6 Å². The van der Waals surface area contributed by atoms with Crippen LogP contribution >= 0.6 is 0 Å². The first-order valence-electron chi connectivity index (χ1n) is 7.11. The lowest BCUT2D eigenvalue weighted by Crippen LogP contribution is -2.54. The number of hydrogen-bond donors (Lipinski definition) is 2. The van der Waals surface area contributed by atoms with E-state index in [4.69, 9.17) is 5.11 Å². The minimum Gasteiger partial charge on any atom is -0.478 e. The van der Waals surface area contributed by atoms with Gasteiger partial charge < -0.3 is 15.3 Å². The summed E-state index contributed by atoms with van der Waals surface area (Å²) in [5, 5.41) is 11.8. The van der Waals surface area contributed by atoms with Gasteiger partial charge in [0, 0.05) is 25.7 Å². The molecule has 0 spiro atoms. The van der Waals surface area contributed by atoms with Crippen molar-refractivity contribution >= 4 is 17.7 Å². The second-order valence-electron chi connectivity index (χ2n) is 5.27. The Bertz CT molecular complexity index is 533. The molecule has 0 aromatic heterocycles. The van der Waals surface area contributed by atoms with E-state index in [0.717, 1.165) is 13.0 Å². The van der Waals surface area contributed by atoms with Crippen LogP contribution in [0.3, 0.4) is 0 Å². The highest BCUT2D eigenvalue weighted by atomic mass is 16.4. The number of para-hydroxylation sites is 1. The van der Waals surface area contributed by atoms with Gasteiger partial charge in [-0.2, -0.15) is 0 Å². The summed E-state index contributed by atoms with van der Waals surface area (Å²) >= 11 is 0. The van der Waals surface area contributed by atoms with E-state index in [-0.39, 0.29) is 11.6 Å². The van der Waals surface area contributed by atoms with E-state index in [1.54, 1.807) is 23.1 Å². The number of rotatable bonds is 3. The quantitative estimate of drug-likeness (QED) is 0.892. The molecule has 2 N–H and O–H groups in total. The number of likely N-dealkylation sites (N-methyl/N-ethyl adjacent to an activating group) is 1. The van der Waals surface area contributed by atoms with E-state index in [1.165, 1.54) is 6.07 Å². The normalized spacial score (nSPS) is 19.3. The third-order valence-electron chi connectivity index (χ3n) is 3.93. The van der Waals surface area contributed by atoms with Gasteiger partial charge in [-0.25, -0.2) is 9.59 Å². The molecule has 1 heterocycles. The number of urea groups is 1. The summed E-state index contributed by atoms with van der Waals surface area (Å²) in [6.45, 7) is 4.23. The fourth-order valence-corrected chi connectivity index (χ4v) is 2.54. The summed E-state index contributed by atoms with van der Waals surface area (Å²) in [7, 11) is 2.06. The van der Waals surface area contributed by atoms with Gasteiger partial charge in [-0.1, -0.05) is 19.1 Å². The van der Waals surface area contributed by atoms with Crippen molar-refractivity contribution in [3.05, 3.63) is 29.8 Å². The zero-order chi connectivity index (χ0) is 15.4. The maximum atomic E-state index is 12.3. The monoisotopic (exact) mass is 291 g/mol. The highest BCUT2D eigenvalue weighted by Crippen LogP contribution is 2.17. The molecule has 0 bridgehead atoms. The van der Waals surface area contributed by atoms with Crippen LogP contribution in [-0.2, 0) is 0 Å². The molecule has 1 saturated heterocycles. The zero-order valence-corrected chi connectivity index (χ0v) is 12.4. The summed E-state index contributed by atoms with van der Waals surface area (Å²) in [5.74, 6) is -1.05. The Morgan fingerprint density at radius 3 is 2.71 bits per heavy atom. The van der Waals surface area contributed by atoms with E-state index >= 15 is 0 Å². The van der Waals surface area contributed by atoms with Crippen molar-refractivity contribution < 1.29 is 14.7 Å². The molecule has 2 amide bonds. The van der Waals surface area contributed by atoms with Crippen LogP contribution in [0.15, 0.2) is 24.3 Å². The highest BCUT2D eigenvalue weighted by molar-refractivity contribution is 6.00. The Labute approximate surface area is 124 Å². The standard InChI is InChI=1S/C15H21N3O3/c1-3-11-10-18(9-8-17(11)2)15(21)16-13-7-5-4-6-12(13)14(19)20/h4-7,11H,3,8-10H2,1-2H3,(H,16,21)(H,19,20). The highest BCUT2D eigenvalue weighted by Gasteiger charge is 2.26. The van der Waals surface area contributed by atoms with Gasteiger partial charge in [0.2, 0.25) is 0 Å². The lowest BCUT2D eigenvalue weighted by molar-refractivity contribution is 0.0698. The number of carbonyl (C=O) groups is 2. The first-order chi connectivity index (χ1) is 10.0. The summed E-state index contributed by atoms with van der Waals surface area (Å²) in [6.07, 6.45) is 0.978. The number of nitrogens with one attached hydrogen (secondary N) is 1. The van der Waals surface area contributed by atoms with Gasteiger partial charge >= 0.3 is 12.0 Å². The van der Waals surface area contributed by atoms with Crippen LogP contribution in [0, 0.1) is 0 Å². The van der Waals surface area contributed by atoms with Crippen LogP contribution in [-0.4, -0.2) is 59.6 Å². The van der Waals surface area contributed by atoms with Gasteiger partial charge in [-0.15, -0.1) is 0 Å². The number of piperazine rings is 1. The fourth-order valence-electron chi connectivity index (χ4n) is 2.54. The molecule has 1 fully saturated rings. The van der Waals surface area contributed by atoms with E-state index in [9.17, 15) is 9.59 Å². The van der Waals surface area contributed by atoms with Crippen molar-refractivity contribution in [3.63, 3.8) is 0 Å². The van der Waals surface area contributed by atoms with Crippen molar-refractivity contribution in [2.45, 2.75) is 19.4 Å². The van der Waals surface area contributed by atoms with Crippen LogP contribution < -0.4 is 5.32 Å². The Kier molecular flexibility index (Phi) is 4.80.